The van der Waals surface area contributed by atoms with E-state index in [2.05, 4.69) is 48.0 Å². The first-order chi connectivity index (χ1) is 9.28. The Hall–Kier alpha value is -0.910. The fourth-order valence-corrected chi connectivity index (χ4v) is 3.21. The highest BCUT2D eigenvalue weighted by molar-refractivity contribution is 9.10. The summed E-state index contributed by atoms with van der Waals surface area (Å²) in [6, 6.07) is 6.18. The zero-order valence-electron chi connectivity index (χ0n) is 10.0. The van der Waals surface area contributed by atoms with Gasteiger partial charge < -0.3 is 4.57 Å². The third kappa shape index (κ3) is 2.68. The molecule has 0 saturated heterocycles. The largest absolute Gasteiger partial charge is 0.307 e. The summed E-state index contributed by atoms with van der Waals surface area (Å²) >= 11 is 11.0. The average molecular weight is 357 g/mol. The number of rotatable bonds is 4. The Balaban J connectivity index is 2.10. The van der Waals surface area contributed by atoms with Crippen molar-refractivity contribution in [3.05, 3.63) is 45.0 Å². The molecular formula is C13H11BrClN3S. The van der Waals surface area contributed by atoms with Gasteiger partial charge in [-0.15, -0.1) is 22.9 Å². The molecule has 0 N–H and O–H groups in total. The van der Waals surface area contributed by atoms with Crippen molar-refractivity contribution < 1.29 is 0 Å². The number of fused-ring (bicyclic) bond motifs is 1. The average Bonchev–Trinajstić information content (AvgIpc) is 2.99. The van der Waals surface area contributed by atoms with Crippen LogP contribution in [-0.4, -0.2) is 20.4 Å². The van der Waals surface area contributed by atoms with Crippen LogP contribution in [0.5, 0.6) is 0 Å². The van der Waals surface area contributed by atoms with Gasteiger partial charge in [-0.2, -0.15) is 0 Å². The second-order valence-corrected chi connectivity index (χ2v) is 6.45. The van der Waals surface area contributed by atoms with Crippen molar-refractivity contribution in [2.45, 2.75) is 13.0 Å². The van der Waals surface area contributed by atoms with Crippen molar-refractivity contribution in [3.63, 3.8) is 0 Å². The molecule has 0 aliphatic heterocycles. The molecule has 3 heterocycles. The lowest BCUT2D eigenvalue weighted by Crippen LogP contribution is -2.05. The van der Waals surface area contributed by atoms with E-state index in [1.165, 1.54) is 4.88 Å². The third-order valence-electron chi connectivity index (χ3n) is 2.84. The number of aryl methyl sites for hydroxylation is 1. The van der Waals surface area contributed by atoms with E-state index in [4.69, 9.17) is 11.6 Å². The number of alkyl halides is 1. The van der Waals surface area contributed by atoms with Crippen LogP contribution < -0.4 is 0 Å². The molecule has 98 valence electrons. The van der Waals surface area contributed by atoms with Crippen molar-refractivity contribution in [1.29, 1.82) is 0 Å². The monoisotopic (exact) mass is 355 g/mol. The van der Waals surface area contributed by atoms with Gasteiger partial charge in [0.2, 0.25) is 0 Å². The molecule has 0 fully saturated rings. The summed E-state index contributed by atoms with van der Waals surface area (Å²) in [5.74, 6) is 1.55. The summed E-state index contributed by atoms with van der Waals surface area (Å²) < 4.78 is 3.09. The maximum Gasteiger partial charge on any atom is 0.160 e. The highest BCUT2D eigenvalue weighted by atomic mass is 79.9. The van der Waals surface area contributed by atoms with Gasteiger partial charge in [0.15, 0.2) is 5.65 Å². The molecule has 3 aromatic rings. The van der Waals surface area contributed by atoms with E-state index in [9.17, 15) is 0 Å². The molecule has 0 spiro atoms. The SMILES string of the molecule is ClCCc1nc2cc(Br)cnc2n1Cc1cccs1. The van der Waals surface area contributed by atoms with E-state index < -0.39 is 0 Å². The van der Waals surface area contributed by atoms with Crippen LogP contribution in [-0.2, 0) is 13.0 Å². The Morgan fingerprint density at radius 3 is 3.05 bits per heavy atom. The number of pyridine rings is 1. The number of hydrogen-bond acceptors (Lipinski definition) is 3. The van der Waals surface area contributed by atoms with Gasteiger partial charge in [0, 0.05) is 27.8 Å². The van der Waals surface area contributed by atoms with Crippen LogP contribution in [0.3, 0.4) is 0 Å². The number of aromatic nitrogens is 3. The molecule has 3 rings (SSSR count). The third-order valence-corrected chi connectivity index (χ3v) is 4.33. The van der Waals surface area contributed by atoms with E-state index in [0.29, 0.717) is 5.88 Å². The minimum atomic E-state index is 0.564. The van der Waals surface area contributed by atoms with Crippen molar-refractivity contribution in [1.82, 2.24) is 14.5 Å². The van der Waals surface area contributed by atoms with E-state index in [-0.39, 0.29) is 0 Å². The lowest BCUT2D eigenvalue weighted by Gasteiger charge is -2.06. The summed E-state index contributed by atoms with van der Waals surface area (Å²) in [7, 11) is 0. The lowest BCUT2D eigenvalue weighted by molar-refractivity contribution is 0.756. The first kappa shape index (κ1) is 13.1. The van der Waals surface area contributed by atoms with Crippen LogP contribution >= 0.6 is 38.9 Å². The highest BCUT2D eigenvalue weighted by Gasteiger charge is 2.12. The fourth-order valence-electron chi connectivity index (χ4n) is 2.03. The molecule has 19 heavy (non-hydrogen) atoms. The van der Waals surface area contributed by atoms with E-state index in [1.807, 2.05) is 6.07 Å². The predicted molar refractivity (Wildman–Crippen MR) is 83.1 cm³/mol. The van der Waals surface area contributed by atoms with Crippen LogP contribution in [0, 0.1) is 0 Å². The van der Waals surface area contributed by atoms with Crippen molar-refractivity contribution in [3.8, 4) is 0 Å². The standard InChI is InChI=1S/C13H11BrClN3S/c14-9-6-11-13(16-7-9)18(12(17-11)3-4-15)8-10-2-1-5-19-10/h1-2,5-7H,3-4,8H2. The van der Waals surface area contributed by atoms with Gasteiger partial charge in [0.1, 0.15) is 11.3 Å². The van der Waals surface area contributed by atoms with Crippen LogP contribution in [0.25, 0.3) is 11.2 Å². The number of imidazole rings is 1. The Morgan fingerprint density at radius 1 is 1.42 bits per heavy atom. The van der Waals surface area contributed by atoms with Gasteiger partial charge >= 0.3 is 0 Å². The summed E-state index contributed by atoms with van der Waals surface area (Å²) in [4.78, 5) is 10.4. The smallest absolute Gasteiger partial charge is 0.160 e. The summed E-state index contributed by atoms with van der Waals surface area (Å²) in [6.45, 7) is 0.801. The number of hydrogen-bond donors (Lipinski definition) is 0. The zero-order chi connectivity index (χ0) is 13.2. The zero-order valence-corrected chi connectivity index (χ0v) is 13.2. The van der Waals surface area contributed by atoms with Crippen molar-refractivity contribution >= 4 is 50.0 Å². The van der Waals surface area contributed by atoms with Gasteiger partial charge in [-0.25, -0.2) is 9.97 Å². The number of halogens is 2. The Kier molecular flexibility index (Phi) is 3.86. The van der Waals surface area contributed by atoms with Crippen molar-refractivity contribution in [2.75, 3.05) is 5.88 Å². The summed E-state index contributed by atoms with van der Waals surface area (Å²) in [6.07, 6.45) is 2.56. The molecule has 6 heteroatoms. The fraction of sp³-hybridized carbons (Fsp3) is 0.231. The van der Waals surface area contributed by atoms with Crippen LogP contribution in [0.4, 0.5) is 0 Å². The highest BCUT2D eigenvalue weighted by Crippen LogP contribution is 2.21. The summed E-state index contributed by atoms with van der Waals surface area (Å²) in [5.41, 5.74) is 1.82. The number of nitrogens with zero attached hydrogens (tertiary/aromatic N) is 3. The second kappa shape index (κ2) is 5.61. The summed E-state index contributed by atoms with van der Waals surface area (Å²) in [5, 5.41) is 2.08. The van der Waals surface area contributed by atoms with Crippen molar-refractivity contribution in [2.24, 2.45) is 0 Å². The van der Waals surface area contributed by atoms with Gasteiger partial charge in [-0.05, 0) is 33.4 Å². The molecule has 0 aliphatic rings. The maximum absolute atomic E-state index is 5.87. The first-order valence-electron chi connectivity index (χ1n) is 5.87. The molecule has 3 nitrogen and oxygen atoms in total. The van der Waals surface area contributed by atoms with Crippen LogP contribution in [0.2, 0.25) is 0 Å². The lowest BCUT2D eigenvalue weighted by atomic mass is 10.4. The Labute approximate surface area is 128 Å². The molecule has 0 amide bonds. The van der Waals surface area contributed by atoms with E-state index >= 15 is 0 Å². The molecule has 0 aliphatic carbocycles. The van der Waals surface area contributed by atoms with E-state index in [0.717, 1.165) is 34.4 Å². The maximum atomic E-state index is 5.87. The van der Waals surface area contributed by atoms with Gasteiger partial charge in [0.05, 0.1) is 6.54 Å². The van der Waals surface area contributed by atoms with Gasteiger partial charge in [0.25, 0.3) is 0 Å². The molecule has 0 bridgehead atoms. The molecule has 0 saturated carbocycles. The minimum absolute atomic E-state index is 0.564. The predicted octanol–water partition coefficient (Wildman–Crippen LogP) is 4.08. The topological polar surface area (TPSA) is 30.7 Å². The molecule has 0 radical (unpaired) electrons. The molecule has 0 atom stereocenters. The van der Waals surface area contributed by atoms with Crippen LogP contribution in [0.15, 0.2) is 34.2 Å². The van der Waals surface area contributed by atoms with Crippen LogP contribution in [0.1, 0.15) is 10.7 Å². The number of thiophene rings is 1. The van der Waals surface area contributed by atoms with Gasteiger partial charge in [-0.1, -0.05) is 6.07 Å². The molecule has 0 aromatic carbocycles. The first-order valence-corrected chi connectivity index (χ1v) is 8.07. The second-order valence-electron chi connectivity index (χ2n) is 4.13. The molecule has 3 aromatic heterocycles. The van der Waals surface area contributed by atoms with E-state index in [1.54, 1.807) is 17.5 Å². The van der Waals surface area contributed by atoms with Gasteiger partial charge in [-0.3, -0.25) is 0 Å². The molecular weight excluding hydrogens is 346 g/mol. The normalized spacial score (nSPS) is 11.3. The Morgan fingerprint density at radius 2 is 2.32 bits per heavy atom. The minimum Gasteiger partial charge on any atom is -0.307 e. The quantitative estimate of drug-likeness (QED) is 0.659. The molecule has 0 unspecified atom stereocenters. The Bertz CT molecular complexity index is 693.